The highest BCUT2D eigenvalue weighted by Crippen LogP contribution is 2.45. The van der Waals surface area contributed by atoms with E-state index >= 15 is 0 Å². The van der Waals surface area contributed by atoms with Gasteiger partial charge in [0, 0.05) is 24.8 Å². The normalized spacial score (nSPS) is 12.4. The van der Waals surface area contributed by atoms with Crippen LogP contribution in [-0.2, 0) is 14.3 Å². The van der Waals surface area contributed by atoms with Crippen molar-refractivity contribution in [3.05, 3.63) is 59.7 Å². The van der Waals surface area contributed by atoms with Crippen molar-refractivity contribution in [1.29, 1.82) is 0 Å². The minimum absolute atomic E-state index is 0.0121. The Labute approximate surface area is 147 Å². The molecule has 1 aliphatic rings. The van der Waals surface area contributed by atoms with E-state index < -0.39 is 12.2 Å². The Hall–Kier alpha value is -2.66. The molecule has 0 spiro atoms. The molecular formula is C20H21NO4. The Bertz CT molecular complexity index is 741. The van der Waals surface area contributed by atoms with Gasteiger partial charge in [0.25, 0.3) is 0 Å². The number of hydrogen-bond acceptors (Lipinski definition) is 4. The lowest BCUT2D eigenvalue weighted by molar-refractivity contribution is -0.118. The Kier molecular flexibility index (Phi) is 5.14. The van der Waals surface area contributed by atoms with Gasteiger partial charge in [-0.25, -0.2) is 4.79 Å². The predicted molar refractivity (Wildman–Crippen MR) is 94.3 cm³/mol. The quantitative estimate of drug-likeness (QED) is 0.809. The number of hydrogen-bond donors (Lipinski definition) is 0. The van der Waals surface area contributed by atoms with Crippen LogP contribution in [0, 0.1) is 0 Å². The minimum atomic E-state index is -0.510. The van der Waals surface area contributed by atoms with Crippen LogP contribution in [0.5, 0.6) is 0 Å². The molecule has 0 aromatic heterocycles. The summed E-state index contributed by atoms with van der Waals surface area (Å²) in [6.07, 6.45) is -0.972. The summed E-state index contributed by atoms with van der Waals surface area (Å²) in [5.41, 5.74) is 4.08. The summed E-state index contributed by atoms with van der Waals surface area (Å²) in [6.45, 7) is 2.12. The van der Waals surface area contributed by atoms with E-state index in [1.165, 1.54) is 11.8 Å². The molecule has 0 N–H and O–H groups in total. The first-order valence-electron chi connectivity index (χ1n) is 8.24. The van der Waals surface area contributed by atoms with Crippen molar-refractivity contribution >= 4 is 11.9 Å². The smallest absolute Gasteiger partial charge is 0.411 e. The zero-order valence-corrected chi connectivity index (χ0v) is 14.4. The Morgan fingerprint density at radius 2 is 1.56 bits per heavy atom. The Morgan fingerprint density at radius 1 is 1.00 bits per heavy atom. The van der Waals surface area contributed by atoms with Gasteiger partial charge >= 0.3 is 6.09 Å². The summed E-state index contributed by atoms with van der Waals surface area (Å²) in [5, 5.41) is 0. The van der Waals surface area contributed by atoms with Crippen LogP contribution in [0.25, 0.3) is 11.1 Å². The van der Waals surface area contributed by atoms with Gasteiger partial charge < -0.3 is 9.47 Å². The molecule has 0 fully saturated rings. The van der Waals surface area contributed by atoms with Crippen LogP contribution < -0.4 is 0 Å². The maximum atomic E-state index is 12.7. The van der Waals surface area contributed by atoms with Crippen molar-refractivity contribution in [3.63, 3.8) is 0 Å². The summed E-state index contributed by atoms with van der Waals surface area (Å²) in [4.78, 5) is 25.5. The van der Waals surface area contributed by atoms with E-state index in [1.54, 1.807) is 7.11 Å². The molecule has 0 bridgehead atoms. The lowest BCUT2D eigenvalue weighted by Crippen LogP contribution is -2.38. The number of Topliss-reactive ketones (excluding diaryl/α,β-unsaturated/α-hetero) is 1. The Morgan fingerprint density at radius 3 is 2.08 bits per heavy atom. The molecule has 1 amide bonds. The second-order valence-electron chi connectivity index (χ2n) is 6.05. The second kappa shape index (κ2) is 7.49. The Balaban J connectivity index is 1.86. The standard InChI is InChI=1S/C20H21NO4/c1-14(22)13-21(11-12-24-2)20(23)25-19-17-9-5-3-7-15(17)16-8-4-6-10-18(16)19/h3-10,19H,11-13H2,1-2H3. The van der Waals surface area contributed by atoms with Gasteiger partial charge in [-0.3, -0.25) is 9.69 Å². The van der Waals surface area contributed by atoms with Crippen molar-refractivity contribution in [2.75, 3.05) is 26.8 Å². The van der Waals surface area contributed by atoms with Gasteiger partial charge in [-0.1, -0.05) is 48.5 Å². The van der Waals surface area contributed by atoms with Crippen molar-refractivity contribution < 1.29 is 19.1 Å². The van der Waals surface area contributed by atoms with E-state index in [9.17, 15) is 9.59 Å². The zero-order chi connectivity index (χ0) is 17.8. The van der Waals surface area contributed by atoms with Crippen LogP contribution in [0.3, 0.4) is 0 Å². The topological polar surface area (TPSA) is 55.8 Å². The van der Waals surface area contributed by atoms with Crippen LogP contribution in [0.1, 0.15) is 24.2 Å². The lowest BCUT2D eigenvalue weighted by atomic mass is 10.1. The molecule has 5 nitrogen and oxygen atoms in total. The van der Waals surface area contributed by atoms with Gasteiger partial charge in [0.05, 0.1) is 13.2 Å². The molecule has 2 aromatic rings. The number of methoxy groups -OCH3 is 1. The van der Waals surface area contributed by atoms with E-state index in [0.717, 1.165) is 22.3 Å². The predicted octanol–water partition coefficient (Wildman–Crippen LogP) is 3.43. The summed E-state index contributed by atoms with van der Waals surface area (Å²) >= 11 is 0. The highest BCUT2D eigenvalue weighted by molar-refractivity contribution is 5.83. The summed E-state index contributed by atoms with van der Waals surface area (Å²) in [6, 6.07) is 15.8. The summed E-state index contributed by atoms with van der Waals surface area (Å²) in [7, 11) is 1.56. The highest BCUT2D eigenvalue weighted by atomic mass is 16.6. The highest BCUT2D eigenvalue weighted by Gasteiger charge is 2.32. The average molecular weight is 339 g/mol. The number of carbonyl (C=O) groups is 2. The SMILES string of the molecule is COCCN(CC(C)=O)C(=O)OC1c2ccccc2-c2ccccc21. The maximum absolute atomic E-state index is 12.7. The number of nitrogens with zero attached hydrogens (tertiary/aromatic N) is 1. The molecule has 0 radical (unpaired) electrons. The molecule has 0 atom stereocenters. The molecule has 1 aliphatic carbocycles. The van der Waals surface area contributed by atoms with Gasteiger partial charge in [0.1, 0.15) is 5.78 Å². The number of fused-ring (bicyclic) bond motifs is 3. The molecule has 0 saturated carbocycles. The van der Waals surface area contributed by atoms with Gasteiger partial charge in [-0.2, -0.15) is 0 Å². The van der Waals surface area contributed by atoms with Gasteiger partial charge in [-0.05, 0) is 18.1 Å². The monoisotopic (exact) mass is 339 g/mol. The number of benzene rings is 2. The van der Waals surface area contributed by atoms with E-state index in [1.807, 2.05) is 48.5 Å². The van der Waals surface area contributed by atoms with Crippen LogP contribution in [0.15, 0.2) is 48.5 Å². The first kappa shape index (κ1) is 17.2. The number of rotatable bonds is 6. The number of ketones is 1. The van der Waals surface area contributed by atoms with Gasteiger partial charge in [-0.15, -0.1) is 0 Å². The minimum Gasteiger partial charge on any atom is -0.436 e. The first-order valence-corrected chi connectivity index (χ1v) is 8.24. The molecule has 25 heavy (non-hydrogen) atoms. The fraction of sp³-hybridized carbons (Fsp3) is 0.300. The van der Waals surface area contributed by atoms with Crippen molar-refractivity contribution in [2.45, 2.75) is 13.0 Å². The molecular weight excluding hydrogens is 318 g/mol. The van der Waals surface area contributed by atoms with Crippen LogP contribution >= 0.6 is 0 Å². The molecule has 0 saturated heterocycles. The molecule has 0 unspecified atom stereocenters. The van der Waals surface area contributed by atoms with Crippen molar-refractivity contribution in [2.24, 2.45) is 0 Å². The maximum Gasteiger partial charge on any atom is 0.411 e. The number of ether oxygens (including phenoxy) is 2. The molecule has 0 heterocycles. The van der Waals surface area contributed by atoms with E-state index in [4.69, 9.17) is 9.47 Å². The second-order valence-corrected chi connectivity index (χ2v) is 6.05. The van der Waals surface area contributed by atoms with Crippen molar-refractivity contribution in [3.8, 4) is 11.1 Å². The average Bonchev–Trinajstić information content (AvgIpc) is 2.93. The molecule has 5 heteroatoms. The van der Waals surface area contributed by atoms with E-state index in [2.05, 4.69) is 0 Å². The zero-order valence-electron chi connectivity index (χ0n) is 14.4. The number of amides is 1. The molecule has 3 rings (SSSR count). The lowest BCUT2D eigenvalue weighted by Gasteiger charge is -2.23. The third kappa shape index (κ3) is 3.56. The van der Waals surface area contributed by atoms with E-state index in [0.29, 0.717) is 13.2 Å². The number of carbonyl (C=O) groups excluding carboxylic acids is 2. The molecule has 0 aliphatic heterocycles. The largest absolute Gasteiger partial charge is 0.436 e. The van der Waals surface area contributed by atoms with Crippen LogP contribution in [0.4, 0.5) is 4.79 Å². The first-order chi connectivity index (χ1) is 12.1. The van der Waals surface area contributed by atoms with Gasteiger partial charge in [0.2, 0.25) is 0 Å². The summed E-state index contributed by atoms with van der Waals surface area (Å²) in [5.74, 6) is -0.0970. The third-order valence-corrected chi connectivity index (χ3v) is 4.23. The fourth-order valence-electron chi connectivity index (χ4n) is 3.12. The van der Waals surface area contributed by atoms with Crippen LogP contribution in [0.2, 0.25) is 0 Å². The van der Waals surface area contributed by atoms with E-state index in [-0.39, 0.29) is 12.3 Å². The third-order valence-electron chi connectivity index (χ3n) is 4.23. The van der Waals surface area contributed by atoms with Gasteiger partial charge in [0.15, 0.2) is 6.10 Å². The fourth-order valence-corrected chi connectivity index (χ4v) is 3.12. The summed E-state index contributed by atoms with van der Waals surface area (Å²) < 4.78 is 10.8. The molecule has 2 aromatic carbocycles. The van der Waals surface area contributed by atoms with Crippen molar-refractivity contribution in [1.82, 2.24) is 4.90 Å². The molecule has 130 valence electrons. The van der Waals surface area contributed by atoms with Crippen LogP contribution in [-0.4, -0.2) is 43.6 Å².